The third kappa shape index (κ3) is 3.49. The second-order valence-electron chi connectivity index (χ2n) is 4.59. The first kappa shape index (κ1) is 14.4. The van der Waals surface area contributed by atoms with Gasteiger partial charge in [-0.2, -0.15) is 0 Å². The zero-order valence-electron chi connectivity index (χ0n) is 11.0. The monoisotopic (exact) mass is 280 g/mol. The highest BCUT2D eigenvalue weighted by Gasteiger charge is 2.37. The lowest BCUT2D eigenvalue weighted by atomic mass is 10.0. The first-order valence-corrected chi connectivity index (χ1v) is 6.15. The average molecular weight is 280 g/mol. The number of carboxylic acids is 1. The molecule has 0 aromatic carbocycles. The van der Waals surface area contributed by atoms with Crippen molar-refractivity contribution in [3.63, 3.8) is 0 Å². The second kappa shape index (κ2) is 6.40. The number of hydrogen-bond acceptors (Lipinski definition) is 6. The maximum absolute atomic E-state index is 11.8. The van der Waals surface area contributed by atoms with E-state index in [-0.39, 0.29) is 31.0 Å². The van der Waals surface area contributed by atoms with Crippen molar-refractivity contribution in [2.75, 3.05) is 32.1 Å². The van der Waals surface area contributed by atoms with Crippen LogP contribution in [0, 0.1) is 5.92 Å². The molecule has 108 valence electrons. The highest BCUT2D eigenvalue weighted by molar-refractivity contribution is 5.90. The molecule has 1 amide bonds. The summed E-state index contributed by atoms with van der Waals surface area (Å²) in [5.41, 5.74) is 0. The van der Waals surface area contributed by atoms with Crippen LogP contribution in [-0.2, 0) is 14.3 Å². The number of hydrogen-bond donors (Lipinski definition) is 2. The minimum atomic E-state index is -0.911. The van der Waals surface area contributed by atoms with E-state index in [1.165, 1.54) is 12.4 Å². The number of anilines is 1. The smallest absolute Gasteiger partial charge is 0.310 e. The molecule has 2 heterocycles. The Morgan fingerprint density at radius 2 is 2.15 bits per heavy atom. The summed E-state index contributed by atoms with van der Waals surface area (Å²) >= 11 is 0. The van der Waals surface area contributed by atoms with Crippen LogP contribution in [0.15, 0.2) is 18.5 Å². The van der Waals surface area contributed by atoms with Crippen LogP contribution in [-0.4, -0.2) is 64.7 Å². The van der Waals surface area contributed by atoms with Gasteiger partial charge in [0.05, 0.1) is 25.7 Å². The van der Waals surface area contributed by atoms with E-state index >= 15 is 0 Å². The van der Waals surface area contributed by atoms with Gasteiger partial charge in [-0.1, -0.05) is 0 Å². The average Bonchev–Trinajstić information content (AvgIpc) is 2.89. The Hall–Kier alpha value is -2.06. The molecule has 0 spiro atoms. The van der Waals surface area contributed by atoms with Crippen LogP contribution in [0.2, 0.25) is 0 Å². The summed E-state index contributed by atoms with van der Waals surface area (Å²) < 4.78 is 5.17. The quantitative estimate of drug-likeness (QED) is 0.745. The fourth-order valence-electron chi connectivity index (χ4n) is 2.08. The Kier molecular flexibility index (Phi) is 4.59. The topological polar surface area (TPSA) is 105 Å². The van der Waals surface area contributed by atoms with E-state index in [9.17, 15) is 9.59 Å². The van der Waals surface area contributed by atoms with E-state index in [1.54, 1.807) is 18.0 Å². The Labute approximate surface area is 115 Å². The van der Waals surface area contributed by atoms with Crippen LogP contribution < -0.4 is 5.32 Å². The van der Waals surface area contributed by atoms with Gasteiger partial charge in [0, 0.05) is 18.4 Å². The molecule has 1 saturated heterocycles. The number of ether oxygens (including phenoxy) is 1. The van der Waals surface area contributed by atoms with Gasteiger partial charge in [-0.05, 0) is 13.1 Å². The molecule has 1 fully saturated rings. The van der Waals surface area contributed by atoms with Crippen molar-refractivity contribution in [1.82, 2.24) is 14.9 Å². The van der Waals surface area contributed by atoms with Gasteiger partial charge < -0.3 is 9.84 Å². The summed E-state index contributed by atoms with van der Waals surface area (Å²) in [5, 5.41) is 11.6. The molecule has 2 N–H and O–H groups in total. The van der Waals surface area contributed by atoms with E-state index in [4.69, 9.17) is 9.84 Å². The fourth-order valence-corrected chi connectivity index (χ4v) is 2.08. The van der Waals surface area contributed by atoms with Gasteiger partial charge in [0.25, 0.3) is 0 Å². The van der Waals surface area contributed by atoms with Crippen LogP contribution in [0.4, 0.5) is 5.95 Å². The van der Waals surface area contributed by atoms with Gasteiger partial charge >= 0.3 is 5.97 Å². The molecular formula is C12H16N4O4. The largest absolute Gasteiger partial charge is 0.481 e. The summed E-state index contributed by atoms with van der Waals surface area (Å²) in [5.74, 6) is -1.59. The lowest BCUT2D eigenvalue weighted by Crippen LogP contribution is -2.44. The SMILES string of the molecule is CN(CC(=O)Nc1ncccn1)C1COCC1C(=O)O. The number of aromatic nitrogens is 2. The number of nitrogens with one attached hydrogen (secondary N) is 1. The minimum absolute atomic E-state index is 0.0516. The molecule has 8 heteroatoms. The Morgan fingerprint density at radius 1 is 1.45 bits per heavy atom. The van der Waals surface area contributed by atoms with Gasteiger partial charge in [0.15, 0.2) is 0 Å². The molecular weight excluding hydrogens is 264 g/mol. The summed E-state index contributed by atoms with van der Waals surface area (Å²) in [6.45, 7) is 0.534. The number of carbonyl (C=O) groups is 2. The number of carboxylic acid groups (broad SMARTS) is 1. The molecule has 1 aliphatic heterocycles. The normalized spacial score (nSPS) is 21.9. The molecule has 2 rings (SSSR count). The Morgan fingerprint density at radius 3 is 2.80 bits per heavy atom. The minimum Gasteiger partial charge on any atom is -0.481 e. The summed E-state index contributed by atoms with van der Waals surface area (Å²) in [6.07, 6.45) is 3.05. The van der Waals surface area contributed by atoms with Crippen molar-refractivity contribution < 1.29 is 19.4 Å². The van der Waals surface area contributed by atoms with Gasteiger partial charge in [0.2, 0.25) is 11.9 Å². The third-order valence-corrected chi connectivity index (χ3v) is 3.14. The fraction of sp³-hybridized carbons (Fsp3) is 0.500. The highest BCUT2D eigenvalue weighted by Crippen LogP contribution is 2.18. The number of likely N-dealkylation sites (N-methyl/N-ethyl adjacent to an activating group) is 1. The molecule has 8 nitrogen and oxygen atoms in total. The predicted octanol–water partition coefficient (Wildman–Crippen LogP) is -0.553. The van der Waals surface area contributed by atoms with Crippen LogP contribution in [0.25, 0.3) is 0 Å². The van der Waals surface area contributed by atoms with E-state index in [0.29, 0.717) is 6.61 Å². The molecule has 1 aromatic heterocycles. The number of amides is 1. The van der Waals surface area contributed by atoms with Crippen LogP contribution in [0.1, 0.15) is 0 Å². The Balaban J connectivity index is 1.89. The van der Waals surface area contributed by atoms with Crippen molar-refractivity contribution in [2.24, 2.45) is 5.92 Å². The Bertz CT molecular complexity index is 482. The van der Waals surface area contributed by atoms with E-state index < -0.39 is 11.9 Å². The first-order chi connectivity index (χ1) is 9.58. The van der Waals surface area contributed by atoms with Crippen molar-refractivity contribution >= 4 is 17.8 Å². The van der Waals surface area contributed by atoms with E-state index in [2.05, 4.69) is 15.3 Å². The molecule has 2 atom stereocenters. The molecule has 0 saturated carbocycles. The molecule has 20 heavy (non-hydrogen) atoms. The summed E-state index contributed by atoms with van der Waals surface area (Å²) in [6, 6.07) is 1.34. The number of carbonyl (C=O) groups excluding carboxylic acids is 1. The van der Waals surface area contributed by atoms with Crippen molar-refractivity contribution in [3.05, 3.63) is 18.5 Å². The van der Waals surface area contributed by atoms with Crippen molar-refractivity contribution in [1.29, 1.82) is 0 Å². The third-order valence-electron chi connectivity index (χ3n) is 3.14. The second-order valence-corrected chi connectivity index (χ2v) is 4.59. The maximum Gasteiger partial charge on any atom is 0.310 e. The van der Waals surface area contributed by atoms with Crippen LogP contribution in [0.3, 0.4) is 0 Å². The zero-order valence-corrected chi connectivity index (χ0v) is 11.0. The number of nitrogens with zero attached hydrogens (tertiary/aromatic N) is 3. The van der Waals surface area contributed by atoms with E-state index in [1.807, 2.05) is 0 Å². The number of aliphatic carboxylic acids is 1. The molecule has 1 aromatic rings. The highest BCUT2D eigenvalue weighted by atomic mass is 16.5. The maximum atomic E-state index is 11.8. The lowest BCUT2D eigenvalue weighted by Gasteiger charge is -2.25. The van der Waals surface area contributed by atoms with Crippen LogP contribution in [0.5, 0.6) is 0 Å². The van der Waals surface area contributed by atoms with Crippen molar-refractivity contribution in [3.8, 4) is 0 Å². The molecule has 2 unspecified atom stereocenters. The number of rotatable bonds is 5. The van der Waals surface area contributed by atoms with Crippen molar-refractivity contribution in [2.45, 2.75) is 6.04 Å². The lowest BCUT2D eigenvalue weighted by molar-refractivity contribution is -0.143. The predicted molar refractivity (Wildman–Crippen MR) is 69.0 cm³/mol. The summed E-state index contributed by atoms with van der Waals surface area (Å²) in [7, 11) is 1.70. The molecule has 1 aliphatic rings. The van der Waals surface area contributed by atoms with E-state index in [0.717, 1.165) is 0 Å². The van der Waals surface area contributed by atoms with Gasteiger partial charge in [-0.3, -0.25) is 19.8 Å². The van der Waals surface area contributed by atoms with Gasteiger partial charge in [-0.15, -0.1) is 0 Å². The molecule has 0 aliphatic carbocycles. The van der Waals surface area contributed by atoms with Gasteiger partial charge in [0.1, 0.15) is 0 Å². The zero-order chi connectivity index (χ0) is 14.5. The first-order valence-electron chi connectivity index (χ1n) is 6.15. The molecule has 0 bridgehead atoms. The van der Waals surface area contributed by atoms with Gasteiger partial charge in [-0.25, -0.2) is 9.97 Å². The van der Waals surface area contributed by atoms with Crippen LogP contribution >= 0.6 is 0 Å². The standard InChI is InChI=1S/C12H16N4O4/c1-16(9-7-20-6-8(9)11(18)19)5-10(17)15-12-13-3-2-4-14-12/h2-4,8-9H,5-7H2,1H3,(H,18,19)(H,13,14,15,17). The molecule has 0 radical (unpaired) electrons. The summed E-state index contributed by atoms with van der Waals surface area (Å²) in [4.78, 5) is 32.3.